The fraction of sp³-hybridized carbons (Fsp3) is 0.538. The second kappa shape index (κ2) is 5.17. The third-order valence-corrected chi connectivity index (χ3v) is 2.63. The molecule has 1 unspecified atom stereocenters. The molecule has 82 valence electrons. The molecule has 0 aromatic heterocycles. The molecule has 0 radical (unpaired) electrons. The summed E-state index contributed by atoms with van der Waals surface area (Å²) in [5.74, 6) is 0.924. The molecule has 0 aromatic carbocycles. The largest absolute Gasteiger partial charge is 0.465 e. The predicted molar refractivity (Wildman–Crippen MR) is 60.3 cm³/mol. The van der Waals surface area contributed by atoms with Gasteiger partial charge in [-0.3, -0.25) is 0 Å². The van der Waals surface area contributed by atoms with Crippen LogP contribution >= 0.6 is 0 Å². The molecule has 1 aliphatic carbocycles. The van der Waals surface area contributed by atoms with Crippen LogP contribution in [0.3, 0.4) is 0 Å². The van der Waals surface area contributed by atoms with E-state index in [0.29, 0.717) is 0 Å². The SMILES string of the molecule is CC1=CC(OC2CCCCO2)=CC=CC1. The van der Waals surface area contributed by atoms with Gasteiger partial charge in [-0.15, -0.1) is 0 Å². The molecule has 1 aliphatic heterocycles. The van der Waals surface area contributed by atoms with Crippen LogP contribution in [0, 0.1) is 0 Å². The lowest BCUT2D eigenvalue weighted by Gasteiger charge is -2.23. The van der Waals surface area contributed by atoms with Gasteiger partial charge in [-0.25, -0.2) is 0 Å². The Labute approximate surface area is 91.3 Å². The molecule has 2 aliphatic rings. The van der Waals surface area contributed by atoms with Crippen molar-refractivity contribution < 1.29 is 9.47 Å². The maximum absolute atomic E-state index is 5.79. The Morgan fingerprint density at radius 2 is 2.33 bits per heavy atom. The van der Waals surface area contributed by atoms with Gasteiger partial charge in [-0.05, 0) is 38.3 Å². The quantitative estimate of drug-likeness (QED) is 0.690. The zero-order valence-electron chi connectivity index (χ0n) is 9.24. The van der Waals surface area contributed by atoms with Crippen molar-refractivity contribution in [3.63, 3.8) is 0 Å². The van der Waals surface area contributed by atoms with Crippen LogP contribution in [0.2, 0.25) is 0 Å². The van der Waals surface area contributed by atoms with Gasteiger partial charge in [0.05, 0.1) is 6.61 Å². The minimum absolute atomic E-state index is 0.0412. The van der Waals surface area contributed by atoms with Crippen molar-refractivity contribution in [2.24, 2.45) is 0 Å². The molecule has 0 amide bonds. The van der Waals surface area contributed by atoms with E-state index >= 15 is 0 Å². The third kappa shape index (κ3) is 3.24. The highest BCUT2D eigenvalue weighted by atomic mass is 16.7. The highest BCUT2D eigenvalue weighted by molar-refractivity contribution is 5.27. The molecular weight excluding hydrogens is 188 g/mol. The average Bonchev–Trinajstić information content (AvgIpc) is 2.44. The van der Waals surface area contributed by atoms with E-state index in [9.17, 15) is 0 Å². The molecule has 0 N–H and O–H groups in total. The van der Waals surface area contributed by atoms with Gasteiger partial charge in [-0.2, -0.15) is 0 Å². The van der Waals surface area contributed by atoms with Crippen LogP contribution in [-0.2, 0) is 9.47 Å². The molecule has 1 saturated heterocycles. The van der Waals surface area contributed by atoms with Gasteiger partial charge < -0.3 is 9.47 Å². The second-order valence-corrected chi connectivity index (χ2v) is 4.11. The van der Waals surface area contributed by atoms with E-state index in [-0.39, 0.29) is 6.29 Å². The van der Waals surface area contributed by atoms with Crippen LogP contribution in [-0.4, -0.2) is 12.9 Å². The summed E-state index contributed by atoms with van der Waals surface area (Å²) in [5, 5.41) is 0. The van der Waals surface area contributed by atoms with Gasteiger partial charge in [-0.1, -0.05) is 17.7 Å². The Hall–Kier alpha value is -1.02. The maximum atomic E-state index is 5.79. The lowest BCUT2D eigenvalue weighted by atomic mass is 10.2. The van der Waals surface area contributed by atoms with Crippen molar-refractivity contribution in [1.29, 1.82) is 0 Å². The van der Waals surface area contributed by atoms with E-state index in [2.05, 4.69) is 19.1 Å². The van der Waals surface area contributed by atoms with Gasteiger partial charge in [0.2, 0.25) is 0 Å². The minimum atomic E-state index is -0.0412. The van der Waals surface area contributed by atoms with Crippen LogP contribution in [0.5, 0.6) is 0 Å². The lowest BCUT2D eigenvalue weighted by molar-refractivity contribution is -0.135. The van der Waals surface area contributed by atoms with Crippen LogP contribution in [0.4, 0.5) is 0 Å². The van der Waals surface area contributed by atoms with Gasteiger partial charge in [0.1, 0.15) is 5.76 Å². The fourth-order valence-electron chi connectivity index (χ4n) is 1.80. The Morgan fingerprint density at radius 3 is 3.13 bits per heavy atom. The summed E-state index contributed by atoms with van der Waals surface area (Å²) in [6.07, 6.45) is 12.6. The first-order valence-electron chi connectivity index (χ1n) is 5.67. The standard InChI is InChI=1S/C13H18O2/c1-11-6-2-3-7-12(10-11)15-13-8-4-5-9-14-13/h2-3,7,10,13H,4-6,8-9H2,1H3. The molecule has 1 heterocycles. The van der Waals surface area contributed by atoms with Crippen molar-refractivity contribution in [1.82, 2.24) is 0 Å². The molecular formula is C13H18O2. The molecule has 0 spiro atoms. The fourth-order valence-corrected chi connectivity index (χ4v) is 1.80. The Kier molecular flexibility index (Phi) is 3.62. The zero-order chi connectivity index (χ0) is 10.5. The van der Waals surface area contributed by atoms with Crippen LogP contribution < -0.4 is 0 Å². The zero-order valence-corrected chi connectivity index (χ0v) is 9.24. The number of hydrogen-bond donors (Lipinski definition) is 0. The molecule has 1 atom stereocenters. The van der Waals surface area contributed by atoms with Crippen LogP contribution in [0.15, 0.2) is 35.6 Å². The topological polar surface area (TPSA) is 18.5 Å². The smallest absolute Gasteiger partial charge is 0.199 e. The molecule has 15 heavy (non-hydrogen) atoms. The number of hydrogen-bond acceptors (Lipinski definition) is 2. The minimum Gasteiger partial charge on any atom is -0.465 e. The van der Waals surface area contributed by atoms with E-state index in [1.54, 1.807) is 0 Å². The molecule has 2 rings (SSSR count). The summed E-state index contributed by atoms with van der Waals surface area (Å²) < 4.78 is 11.3. The summed E-state index contributed by atoms with van der Waals surface area (Å²) in [7, 11) is 0. The van der Waals surface area contributed by atoms with Crippen LogP contribution in [0.1, 0.15) is 32.6 Å². The van der Waals surface area contributed by atoms with Crippen molar-refractivity contribution in [2.45, 2.75) is 38.9 Å². The van der Waals surface area contributed by atoms with Crippen molar-refractivity contribution >= 4 is 0 Å². The maximum Gasteiger partial charge on any atom is 0.199 e. The number of allylic oxidation sites excluding steroid dienone is 5. The Morgan fingerprint density at radius 1 is 1.40 bits per heavy atom. The van der Waals surface area contributed by atoms with E-state index in [0.717, 1.165) is 31.6 Å². The summed E-state index contributed by atoms with van der Waals surface area (Å²) in [4.78, 5) is 0. The molecule has 0 saturated carbocycles. The predicted octanol–water partition coefficient (Wildman–Crippen LogP) is 3.32. The Bertz CT molecular complexity index is 294. The van der Waals surface area contributed by atoms with Gasteiger partial charge >= 0.3 is 0 Å². The van der Waals surface area contributed by atoms with Gasteiger partial charge in [0, 0.05) is 6.42 Å². The van der Waals surface area contributed by atoms with E-state index in [1.807, 2.05) is 12.2 Å². The lowest BCUT2D eigenvalue weighted by Crippen LogP contribution is -2.21. The number of rotatable bonds is 2. The highest BCUT2D eigenvalue weighted by Gasteiger charge is 2.15. The summed E-state index contributed by atoms with van der Waals surface area (Å²) in [6.45, 7) is 2.95. The van der Waals surface area contributed by atoms with Crippen molar-refractivity contribution in [3.05, 3.63) is 35.6 Å². The molecule has 1 fully saturated rings. The molecule has 2 nitrogen and oxygen atoms in total. The summed E-state index contributed by atoms with van der Waals surface area (Å²) in [6, 6.07) is 0. The third-order valence-electron chi connectivity index (χ3n) is 2.63. The first-order chi connectivity index (χ1) is 7.34. The van der Waals surface area contributed by atoms with Crippen molar-refractivity contribution in [2.75, 3.05) is 6.61 Å². The molecule has 0 aromatic rings. The van der Waals surface area contributed by atoms with Crippen LogP contribution in [0.25, 0.3) is 0 Å². The average molecular weight is 206 g/mol. The second-order valence-electron chi connectivity index (χ2n) is 4.11. The van der Waals surface area contributed by atoms with Gasteiger partial charge in [0.15, 0.2) is 6.29 Å². The summed E-state index contributed by atoms with van der Waals surface area (Å²) in [5.41, 5.74) is 1.32. The van der Waals surface area contributed by atoms with Crippen molar-refractivity contribution in [3.8, 4) is 0 Å². The summed E-state index contributed by atoms with van der Waals surface area (Å²) >= 11 is 0. The highest BCUT2D eigenvalue weighted by Crippen LogP contribution is 2.20. The van der Waals surface area contributed by atoms with E-state index in [4.69, 9.17) is 9.47 Å². The first-order valence-corrected chi connectivity index (χ1v) is 5.67. The van der Waals surface area contributed by atoms with Gasteiger partial charge in [0.25, 0.3) is 0 Å². The monoisotopic (exact) mass is 206 g/mol. The first kappa shape index (κ1) is 10.5. The molecule has 0 bridgehead atoms. The number of ether oxygens (including phenoxy) is 2. The molecule has 2 heteroatoms. The van der Waals surface area contributed by atoms with E-state index in [1.165, 1.54) is 12.0 Å². The van der Waals surface area contributed by atoms with E-state index < -0.39 is 0 Å². The Balaban J connectivity index is 1.94. The normalized spacial score (nSPS) is 26.6.